The minimum atomic E-state index is 0.407. The van der Waals surface area contributed by atoms with Gasteiger partial charge >= 0.3 is 0 Å². The molecule has 0 spiro atoms. The van der Waals surface area contributed by atoms with Crippen LogP contribution in [0.4, 0.5) is 0 Å². The number of ether oxygens (including phenoxy) is 2. The van der Waals surface area contributed by atoms with Gasteiger partial charge in [0.25, 0.3) is 0 Å². The van der Waals surface area contributed by atoms with Gasteiger partial charge in [-0.3, -0.25) is 0 Å². The van der Waals surface area contributed by atoms with E-state index in [1.165, 1.54) is 44.9 Å². The maximum Gasteiger partial charge on any atom is 0.104 e. The van der Waals surface area contributed by atoms with Gasteiger partial charge in [-0.25, -0.2) is 0 Å². The second kappa shape index (κ2) is 5.81. The largest absolute Gasteiger partial charge is 0.376 e. The summed E-state index contributed by atoms with van der Waals surface area (Å²) >= 11 is 0. The Morgan fingerprint density at radius 3 is 2.50 bits per heavy atom. The first-order valence-electron chi connectivity index (χ1n) is 8.74. The Hall–Kier alpha value is -0.340. The van der Waals surface area contributed by atoms with E-state index < -0.39 is 0 Å². The van der Waals surface area contributed by atoms with Gasteiger partial charge in [-0.05, 0) is 61.7 Å². The molecule has 1 heterocycles. The molecular weight excluding hydrogens is 248 g/mol. The van der Waals surface area contributed by atoms with Crippen molar-refractivity contribution in [1.29, 1.82) is 0 Å². The lowest BCUT2D eigenvalue weighted by atomic mass is 9.58. The van der Waals surface area contributed by atoms with Crippen LogP contribution in [0.2, 0.25) is 0 Å². The van der Waals surface area contributed by atoms with Gasteiger partial charge in [-0.2, -0.15) is 0 Å². The first-order chi connectivity index (χ1) is 9.90. The highest BCUT2D eigenvalue weighted by Gasteiger charge is 2.42. The molecule has 1 saturated heterocycles. The van der Waals surface area contributed by atoms with E-state index in [4.69, 9.17) is 9.47 Å². The Morgan fingerprint density at radius 2 is 1.75 bits per heavy atom. The van der Waals surface area contributed by atoms with Crippen molar-refractivity contribution in [3.63, 3.8) is 0 Å². The summed E-state index contributed by atoms with van der Waals surface area (Å²) in [7, 11) is 0. The molecule has 0 radical (unpaired) electrons. The average molecular weight is 276 g/mol. The fraction of sp³-hybridized carbons (Fsp3) is 0.889. The molecule has 0 aromatic rings. The third kappa shape index (κ3) is 2.57. The van der Waals surface area contributed by atoms with Gasteiger partial charge < -0.3 is 9.47 Å². The van der Waals surface area contributed by atoms with E-state index in [1.54, 1.807) is 0 Å². The van der Waals surface area contributed by atoms with E-state index in [2.05, 4.69) is 12.2 Å². The normalized spacial score (nSPS) is 44.5. The van der Waals surface area contributed by atoms with Crippen LogP contribution in [0.5, 0.6) is 0 Å². The average Bonchev–Trinajstić information content (AvgIpc) is 2.44. The first kappa shape index (κ1) is 13.3. The smallest absolute Gasteiger partial charge is 0.104 e. The summed E-state index contributed by atoms with van der Waals surface area (Å²) in [6, 6.07) is 0. The van der Waals surface area contributed by atoms with Crippen LogP contribution in [-0.4, -0.2) is 25.9 Å². The molecule has 1 aliphatic heterocycles. The summed E-state index contributed by atoms with van der Waals surface area (Å²) in [5, 5.41) is 0. The molecule has 20 heavy (non-hydrogen) atoms. The summed E-state index contributed by atoms with van der Waals surface area (Å²) in [4.78, 5) is 0. The molecule has 3 aliphatic carbocycles. The van der Waals surface area contributed by atoms with Crippen molar-refractivity contribution in [2.24, 2.45) is 29.6 Å². The Kier molecular flexibility index (Phi) is 3.87. The Labute approximate surface area is 122 Å². The third-order valence-corrected chi connectivity index (χ3v) is 6.41. The molecular formula is C18H28O2. The van der Waals surface area contributed by atoms with Gasteiger partial charge in [-0.15, -0.1) is 0 Å². The number of rotatable bonds is 3. The predicted molar refractivity (Wildman–Crippen MR) is 79.5 cm³/mol. The topological polar surface area (TPSA) is 18.5 Å². The van der Waals surface area contributed by atoms with Gasteiger partial charge in [0.15, 0.2) is 0 Å². The lowest BCUT2D eigenvalue weighted by Crippen LogP contribution is -2.42. The van der Waals surface area contributed by atoms with E-state index >= 15 is 0 Å². The standard InChI is InChI=1S/C18H28O2/c1-2-5-14-9-18-15(8-13(14)4-1)6-3-7-16(18)10-20-17-11-19-12-17/h1-2,13-18H,3-12H2. The molecule has 0 aromatic carbocycles. The molecule has 112 valence electrons. The summed E-state index contributed by atoms with van der Waals surface area (Å²) < 4.78 is 11.3. The second-order valence-corrected chi connectivity index (χ2v) is 7.54. The van der Waals surface area contributed by atoms with Crippen molar-refractivity contribution < 1.29 is 9.47 Å². The summed E-state index contributed by atoms with van der Waals surface area (Å²) in [5.41, 5.74) is 0. The molecule has 0 amide bonds. The Morgan fingerprint density at radius 1 is 0.950 bits per heavy atom. The highest BCUT2D eigenvalue weighted by atomic mass is 16.6. The van der Waals surface area contributed by atoms with Crippen LogP contribution in [0.3, 0.4) is 0 Å². The van der Waals surface area contributed by atoms with Crippen LogP contribution < -0.4 is 0 Å². The molecule has 0 N–H and O–H groups in total. The molecule has 0 bridgehead atoms. The van der Waals surface area contributed by atoms with Gasteiger partial charge in [0.1, 0.15) is 6.10 Å². The van der Waals surface area contributed by atoms with Gasteiger partial charge in [0.05, 0.1) is 19.8 Å². The van der Waals surface area contributed by atoms with Crippen LogP contribution in [0.1, 0.15) is 44.9 Å². The van der Waals surface area contributed by atoms with Gasteiger partial charge in [-0.1, -0.05) is 25.0 Å². The molecule has 4 rings (SSSR count). The summed E-state index contributed by atoms with van der Waals surface area (Å²) in [6.45, 7) is 2.66. The van der Waals surface area contributed by atoms with Crippen molar-refractivity contribution in [3.05, 3.63) is 12.2 Å². The molecule has 2 saturated carbocycles. The molecule has 5 atom stereocenters. The van der Waals surface area contributed by atoms with Crippen LogP contribution in [0, 0.1) is 29.6 Å². The van der Waals surface area contributed by atoms with Crippen molar-refractivity contribution in [1.82, 2.24) is 0 Å². The lowest BCUT2D eigenvalue weighted by Gasteiger charge is -2.48. The van der Waals surface area contributed by atoms with Crippen molar-refractivity contribution >= 4 is 0 Å². The zero-order valence-corrected chi connectivity index (χ0v) is 12.5. The Balaban J connectivity index is 1.38. The maximum atomic E-state index is 6.06. The molecule has 3 fully saturated rings. The fourth-order valence-electron chi connectivity index (χ4n) is 5.15. The van der Waals surface area contributed by atoms with Crippen molar-refractivity contribution in [2.45, 2.75) is 51.0 Å². The lowest BCUT2D eigenvalue weighted by molar-refractivity contribution is -0.145. The van der Waals surface area contributed by atoms with E-state index in [9.17, 15) is 0 Å². The molecule has 5 unspecified atom stereocenters. The highest BCUT2D eigenvalue weighted by Crippen LogP contribution is 2.50. The van der Waals surface area contributed by atoms with E-state index in [1.807, 2.05) is 0 Å². The minimum Gasteiger partial charge on any atom is -0.376 e. The fourth-order valence-corrected chi connectivity index (χ4v) is 5.15. The summed E-state index contributed by atoms with van der Waals surface area (Å²) in [6.07, 6.45) is 15.3. The zero-order valence-electron chi connectivity index (χ0n) is 12.5. The zero-order chi connectivity index (χ0) is 13.4. The number of hydrogen-bond donors (Lipinski definition) is 0. The second-order valence-electron chi connectivity index (χ2n) is 7.54. The number of hydrogen-bond acceptors (Lipinski definition) is 2. The highest BCUT2D eigenvalue weighted by molar-refractivity contribution is 5.00. The third-order valence-electron chi connectivity index (χ3n) is 6.41. The van der Waals surface area contributed by atoms with Gasteiger partial charge in [0, 0.05) is 0 Å². The summed E-state index contributed by atoms with van der Waals surface area (Å²) in [5.74, 6) is 4.77. The first-order valence-corrected chi connectivity index (χ1v) is 8.74. The van der Waals surface area contributed by atoms with Crippen LogP contribution >= 0.6 is 0 Å². The number of fused-ring (bicyclic) bond motifs is 2. The van der Waals surface area contributed by atoms with E-state index in [0.717, 1.165) is 49.4 Å². The van der Waals surface area contributed by atoms with Crippen molar-refractivity contribution in [2.75, 3.05) is 19.8 Å². The predicted octanol–water partition coefficient (Wildman–Crippen LogP) is 3.81. The number of allylic oxidation sites excluding steroid dienone is 2. The van der Waals surface area contributed by atoms with E-state index in [0.29, 0.717) is 6.10 Å². The van der Waals surface area contributed by atoms with Crippen LogP contribution in [0.25, 0.3) is 0 Å². The van der Waals surface area contributed by atoms with E-state index in [-0.39, 0.29) is 0 Å². The minimum absolute atomic E-state index is 0.407. The van der Waals surface area contributed by atoms with Crippen LogP contribution in [0.15, 0.2) is 12.2 Å². The quantitative estimate of drug-likeness (QED) is 0.730. The molecule has 0 aromatic heterocycles. The Bertz CT molecular complexity index is 360. The maximum absolute atomic E-state index is 6.06. The monoisotopic (exact) mass is 276 g/mol. The molecule has 2 nitrogen and oxygen atoms in total. The van der Waals surface area contributed by atoms with Gasteiger partial charge in [0.2, 0.25) is 0 Å². The van der Waals surface area contributed by atoms with Crippen LogP contribution in [-0.2, 0) is 9.47 Å². The van der Waals surface area contributed by atoms with Crippen molar-refractivity contribution in [3.8, 4) is 0 Å². The molecule has 2 heteroatoms. The molecule has 4 aliphatic rings. The SMILES string of the molecule is C1=CCC2CC3C(COC4COC4)CCCC3CC2C1.